The van der Waals surface area contributed by atoms with Gasteiger partial charge in [0.15, 0.2) is 0 Å². The standard InChI is InChI=1S/C24H10S3/c1-2-3-4-5-8-17-12-14-20(25-17)16-11-13-19-22(15-16)27-23-18-9-6-7-10-21(18)26-24(19)23/h1,6-7,9-15H. The van der Waals surface area contributed by atoms with E-state index in [-0.39, 0.29) is 0 Å². The minimum Gasteiger partial charge on any atom is -0.134 e. The van der Waals surface area contributed by atoms with E-state index in [1.807, 2.05) is 28.7 Å². The first-order valence-electron chi connectivity index (χ1n) is 8.24. The van der Waals surface area contributed by atoms with Crippen LogP contribution in [0.15, 0.2) is 54.6 Å². The molecule has 0 amide bonds. The lowest BCUT2D eigenvalue weighted by molar-refractivity contribution is 1.81. The average Bonchev–Trinajstić information content (AvgIpc) is 3.38. The van der Waals surface area contributed by atoms with Gasteiger partial charge in [0.1, 0.15) is 0 Å². The summed E-state index contributed by atoms with van der Waals surface area (Å²) in [7, 11) is 0. The van der Waals surface area contributed by atoms with Gasteiger partial charge in [-0.15, -0.1) is 40.4 Å². The van der Waals surface area contributed by atoms with Crippen molar-refractivity contribution < 1.29 is 0 Å². The fourth-order valence-electron chi connectivity index (χ4n) is 3.08. The van der Waals surface area contributed by atoms with Crippen molar-refractivity contribution in [3.05, 3.63) is 59.5 Å². The van der Waals surface area contributed by atoms with Crippen molar-refractivity contribution in [3.63, 3.8) is 0 Å². The Kier molecular flexibility index (Phi) is 3.97. The molecule has 5 rings (SSSR count). The van der Waals surface area contributed by atoms with E-state index in [9.17, 15) is 0 Å². The first-order valence-corrected chi connectivity index (χ1v) is 10.7. The molecule has 0 aliphatic heterocycles. The molecular weight excluding hydrogens is 384 g/mol. The third-order valence-electron chi connectivity index (χ3n) is 4.26. The Morgan fingerprint density at radius 1 is 0.704 bits per heavy atom. The lowest BCUT2D eigenvalue weighted by atomic mass is 10.1. The molecule has 3 heterocycles. The summed E-state index contributed by atoms with van der Waals surface area (Å²) >= 11 is 5.45. The molecule has 0 radical (unpaired) electrons. The molecule has 0 bridgehead atoms. The Hall–Kier alpha value is -3.00. The molecule has 0 nitrogen and oxygen atoms in total. The van der Waals surface area contributed by atoms with E-state index in [4.69, 9.17) is 6.42 Å². The number of rotatable bonds is 1. The minimum atomic E-state index is 0.995. The highest BCUT2D eigenvalue weighted by atomic mass is 32.1. The maximum atomic E-state index is 5.10. The molecular formula is C24H10S3. The van der Waals surface area contributed by atoms with Gasteiger partial charge >= 0.3 is 0 Å². The van der Waals surface area contributed by atoms with Crippen LogP contribution in [0.5, 0.6) is 0 Å². The van der Waals surface area contributed by atoms with Gasteiger partial charge in [0.25, 0.3) is 0 Å². The van der Waals surface area contributed by atoms with Gasteiger partial charge in [-0.25, -0.2) is 0 Å². The second-order valence-corrected chi connectivity index (χ2v) is 9.07. The fourth-order valence-corrected chi connectivity index (χ4v) is 6.63. The van der Waals surface area contributed by atoms with Crippen LogP contribution in [-0.2, 0) is 0 Å². The molecule has 5 aromatic rings. The molecule has 3 heteroatoms. The summed E-state index contributed by atoms with van der Waals surface area (Å²) in [5.41, 5.74) is 1.23. The lowest BCUT2D eigenvalue weighted by Gasteiger charge is -1.97. The van der Waals surface area contributed by atoms with Crippen LogP contribution in [0.2, 0.25) is 0 Å². The third kappa shape index (κ3) is 2.82. The Morgan fingerprint density at radius 2 is 1.52 bits per heavy atom. The highest BCUT2D eigenvalue weighted by Gasteiger charge is 2.12. The van der Waals surface area contributed by atoms with Gasteiger partial charge in [-0.1, -0.05) is 30.3 Å². The molecule has 0 unspecified atom stereocenters. The van der Waals surface area contributed by atoms with Crippen molar-refractivity contribution >= 4 is 63.6 Å². The van der Waals surface area contributed by atoms with Crippen LogP contribution < -0.4 is 0 Å². The Labute approximate surface area is 169 Å². The molecule has 27 heavy (non-hydrogen) atoms. The SMILES string of the molecule is C#CC#CC#Cc1ccc(-c2ccc3c(c2)sc2c4ccccc4sc32)s1. The number of terminal acetylenes is 1. The predicted molar refractivity (Wildman–Crippen MR) is 122 cm³/mol. The normalized spacial score (nSPS) is 10.3. The zero-order valence-electron chi connectivity index (χ0n) is 14.0. The smallest absolute Gasteiger partial charge is 0.0785 e. The summed E-state index contributed by atoms with van der Waals surface area (Å²) in [4.78, 5) is 2.21. The van der Waals surface area contributed by atoms with Crippen LogP contribution in [0, 0.1) is 36.0 Å². The fraction of sp³-hybridized carbons (Fsp3) is 0. The predicted octanol–water partition coefficient (Wildman–Crippen LogP) is 6.99. The van der Waals surface area contributed by atoms with Crippen molar-refractivity contribution in [2.75, 3.05) is 0 Å². The van der Waals surface area contributed by atoms with Gasteiger partial charge in [0, 0.05) is 25.0 Å². The van der Waals surface area contributed by atoms with Crippen LogP contribution in [0.1, 0.15) is 4.88 Å². The van der Waals surface area contributed by atoms with E-state index >= 15 is 0 Å². The van der Waals surface area contributed by atoms with Crippen molar-refractivity contribution in [2.45, 2.75) is 0 Å². The highest BCUT2D eigenvalue weighted by Crippen LogP contribution is 2.45. The lowest BCUT2D eigenvalue weighted by Crippen LogP contribution is -1.70. The van der Waals surface area contributed by atoms with Gasteiger partial charge in [0.05, 0.1) is 14.3 Å². The Morgan fingerprint density at radius 3 is 2.41 bits per heavy atom. The first kappa shape index (κ1) is 16.2. The van der Waals surface area contributed by atoms with E-state index in [2.05, 4.69) is 78.1 Å². The maximum Gasteiger partial charge on any atom is 0.0785 e. The molecule has 0 fully saturated rings. The molecule has 0 atom stereocenters. The molecule has 0 spiro atoms. The number of hydrogen-bond donors (Lipinski definition) is 0. The van der Waals surface area contributed by atoms with E-state index in [1.165, 1.54) is 40.0 Å². The van der Waals surface area contributed by atoms with Crippen molar-refractivity contribution in [1.82, 2.24) is 0 Å². The monoisotopic (exact) mass is 394 g/mol. The first-order chi connectivity index (χ1) is 13.3. The van der Waals surface area contributed by atoms with Crippen LogP contribution in [0.25, 0.3) is 40.0 Å². The van der Waals surface area contributed by atoms with E-state index in [0.29, 0.717) is 0 Å². The maximum absolute atomic E-state index is 5.10. The molecule has 0 aliphatic carbocycles. The van der Waals surface area contributed by atoms with Gasteiger partial charge in [-0.2, -0.15) is 0 Å². The third-order valence-corrected chi connectivity index (χ3v) is 7.83. The zero-order chi connectivity index (χ0) is 18.2. The van der Waals surface area contributed by atoms with Crippen molar-refractivity contribution in [2.24, 2.45) is 0 Å². The molecule has 0 N–H and O–H groups in total. The minimum absolute atomic E-state index is 0.995. The second-order valence-electron chi connectivity index (χ2n) is 5.88. The summed E-state index contributed by atoms with van der Waals surface area (Å²) in [6.07, 6.45) is 5.10. The van der Waals surface area contributed by atoms with Crippen LogP contribution in [0.3, 0.4) is 0 Å². The summed E-state index contributed by atoms with van der Waals surface area (Å²) in [6.45, 7) is 0. The van der Waals surface area contributed by atoms with Crippen LogP contribution in [-0.4, -0.2) is 0 Å². The van der Waals surface area contributed by atoms with Gasteiger partial charge < -0.3 is 0 Å². The van der Waals surface area contributed by atoms with Crippen LogP contribution >= 0.6 is 34.0 Å². The van der Waals surface area contributed by atoms with E-state index in [1.54, 1.807) is 11.3 Å². The molecule has 124 valence electrons. The van der Waals surface area contributed by atoms with Gasteiger partial charge in [-0.3, -0.25) is 0 Å². The summed E-state index contributed by atoms with van der Waals surface area (Å²) < 4.78 is 5.49. The van der Waals surface area contributed by atoms with Gasteiger partial charge in [0.2, 0.25) is 0 Å². The average molecular weight is 395 g/mol. The number of benzene rings is 2. The molecule has 0 saturated carbocycles. The Bertz CT molecular complexity index is 1490. The largest absolute Gasteiger partial charge is 0.134 e. The molecule has 0 saturated heterocycles. The molecule has 0 aliphatic rings. The van der Waals surface area contributed by atoms with E-state index < -0.39 is 0 Å². The van der Waals surface area contributed by atoms with Crippen LogP contribution in [0.4, 0.5) is 0 Å². The highest BCUT2D eigenvalue weighted by molar-refractivity contribution is 7.36. The quantitative estimate of drug-likeness (QED) is 0.269. The summed E-state index contributed by atoms with van der Waals surface area (Å²) in [5.74, 6) is 13.3. The number of thiophene rings is 3. The summed E-state index contributed by atoms with van der Waals surface area (Å²) in [5, 5.41) is 2.71. The summed E-state index contributed by atoms with van der Waals surface area (Å²) in [6, 6.07) is 19.6. The Balaban J connectivity index is 1.58. The van der Waals surface area contributed by atoms with E-state index in [0.717, 1.165) is 4.88 Å². The van der Waals surface area contributed by atoms with Gasteiger partial charge in [-0.05, 0) is 59.4 Å². The second kappa shape index (κ2) is 6.62. The number of fused-ring (bicyclic) bond motifs is 5. The number of hydrogen-bond acceptors (Lipinski definition) is 3. The molecule has 3 aromatic heterocycles. The van der Waals surface area contributed by atoms with Crippen molar-refractivity contribution in [1.29, 1.82) is 0 Å². The van der Waals surface area contributed by atoms with Crippen molar-refractivity contribution in [3.8, 4) is 46.5 Å². The zero-order valence-corrected chi connectivity index (χ0v) is 16.4. The molecule has 2 aromatic carbocycles. The topological polar surface area (TPSA) is 0 Å².